The van der Waals surface area contributed by atoms with Crippen LogP contribution in [0.4, 0.5) is 26.3 Å². The number of benzene rings is 1. The van der Waals surface area contributed by atoms with E-state index in [-0.39, 0.29) is 11.0 Å². The van der Waals surface area contributed by atoms with E-state index in [0.29, 0.717) is 0 Å². The van der Waals surface area contributed by atoms with Crippen LogP contribution in [0.25, 0.3) is 11.0 Å². The van der Waals surface area contributed by atoms with Crippen molar-refractivity contribution in [1.82, 2.24) is 10.3 Å². The fraction of sp³-hybridized carbons (Fsp3) is 0.250. The third-order valence-corrected chi connectivity index (χ3v) is 4.26. The molecule has 0 aliphatic carbocycles. The number of nitrogens with zero attached hydrogens (tertiary/aromatic N) is 2. The van der Waals surface area contributed by atoms with E-state index < -0.39 is 30.6 Å². The Hall–Kier alpha value is -0.340. The molecule has 3 nitrogen and oxygen atoms in total. The van der Waals surface area contributed by atoms with E-state index in [1.165, 1.54) is 0 Å². The number of fused-ring (bicyclic) bond motifs is 1. The van der Waals surface area contributed by atoms with Gasteiger partial charge in [0, 0.05) is 0 Å². The van der Waals surface area contributed by atoms with E-state index in [2.05, 4.69) is 14.9 Å². The lowest BCUT2D eigenvalue weighted by Crippen LogP contribution is -2.20. The van der Waals surface area contributed by atoms with Crippen molar-refractivity contribution in [3.05, 3.63) is 18.3 Å². The summed E-state index contributed by atoms with van der Waals surface area (Å²) in [5.41, 5.74) is -4.22. The van der Waals surface area contributed by atoms with E-state index in [9.17, 15) is 26.3 Å². The number of rotatable bonds is 0. The first-order valence-electron chi connectivity index (χ1n) is 4.32. The van der Waals surface area contributed by atoms with Crippen molar-refractivity contribution < 1.29 is 31.0 Å². The fourth-order valence-corrected chi connectivity index (χ4v) is 3.32. The predicted octanol–water partition coefficient (Wildman–Crippen LogP) is 4.47. The van der Waals surface area contributed by atoms with E-state index in [4.69, 9.17) is 0 Å². The third-order valence-electron chi connectivity index (χ3n) is 2.16. The Bertz CT molecular complexity index is 593. The van der Waals surface area contributed by atoms with Gasteiger partial charge in [-0.15, -0.1) is 0 Å². The van der Waals surface area contributed by atoms with Gasteiger partial charge in [0.1, 0.15) is 11.0 Å². The van der Waals surface area contributed by atoms with Crippen LogP contribution in [-0.2, 0) is 12.4 Å². The highest BCUT2D eigenvalue weighted by atomic mass is 127. The van der Waals surface area contributed by atoms with Crippen molar-refractivity contribution in [2.45, 2.75) is 12.4 Å². The van der Waals surface area contributed by atoms with Crippen molar-refractivity contribution in [3.8, 4) is 0 Å². The minimum absolute atomic E-state index is 0.342. The molecule has 0 unspecified atom stereocenters. The van der Waals surface area contributed by atoms with Crippen molar-refractivity contribution >= 4 is 56.2 Å². The molecule has 1 aromatic heterocycles. The number of hydrogen-bond donors (Lipinski definition) is 0. The molecule has 0 radical (unpaired) electrons. The van der Waals surface area contributed by atoms with Gasteiger partial charge in [-0.2, -0.15) is 26.3 Å². The van der Waals surface area contributed by atoms with Crippen LogP contribution in [0.5, 0.6) is 0 Å². The Morgan fingerprint density at radius 1 is 0.737 bits per heavy atom. The standard InChI is InChI=1S/C8F6I2N2O/c9-7(10,11)1-2(8(12,13)14)4(16)6-5(3(1)15)17-19-18-6. The van der Waals surface area contributed by atoms with Crippen LogP contribution in [0.2, 0.25) is 0 Å². The average Bonchev–Trinajstić information content (AvgIpc) is 2.68. The zero-order chi connectivity index (χ0) is 14.6. The molecular weight excluding hydrogens is 508 g/mol. The van der Waals surface area contributed by atoms with E-state index in [0.717, 1.165) is 45.2 Å². The second-order valence-corrected chi connectivity index (χ2v) is 5.49. The molecule has 0 amide bonds. The summed E-state index contributed by atoms with van der Waals surface area (Å²) in [6.45, 7) is 0. The van der Waals surface area contributed by atoms with Gasteiger partial charge < -0.3 is 0 Å². The zero-order valence-electron chi connectivity index (χ0n) is 8.33. The summed E-state index contributed by atoms with van der Waals surface area (Å²) in [4.78, 5) is 0. The number of alkyl halides is 6. The van der Waals surface area contributed by atoms with Crippen LogP contribution in [-0.4, -0.2) is 10.3 Å². The molecule has 1 heterocycles. The van der Waals surface area contributed by atoms with Crippen molar-refractivity contribution in [1.29, 1.82) is 0 Å². The monoisotopic (exact) mass is 508 g/mol. The summed E-state index contributed by atoms with van der Waals surface area (Å²) in [5.74, 6) is 0. The molecule has 2 aromatic rings. The van der Waals surface area contributed by atoms with Crippen LogP contribution < -0.4 is 0 Å². The summed E-state index contributed by atoms with van der Waals surface area (Å²) in [6, 6.07) is 0. The highest BCUT2D eigenvalue weighted by molar-refractivity contribution is 14.1. The van der Waals surface area contributed by atoms with Crippen molar-refractivity contribution in [2.24, 2.45) is 0 Å². The lowest BCUT2D eigenvalue weighted by atomic mass is 10.1. The van der Waals surface area contributed by atoms with Crippen LogP contribution in [0, 0.1) is 7.14 Å². The Morgan fingerprint density at radius 2 is 1.05 bits per heavy atom. The molecule has 0 N–H and O–H groups in total. The largest absolute Gasteiger partial charge is 0.418 e. The molecule has 0 saturated heterocycles. The molecule has 0 bridgehead atoms. The van der Waals surface area contributed by atoms with E-state index >= 15 is 0 Å². The molecule has 0 fully saturated rings. The lowest BCUT2D eigenvalue weighted by Gasteiger charge is -2.18. The fourth-order valence-electron chi connectivity index (χ4n) is 1.47. The molecule has 0 aliphatic rings. The molecule has 0 spiro atoms. The van der Waals surface area contributed by atoms with Gasteiger partial charge in [0.05, 0.1) is 18.3 Å². The topological polar surface area (TPSA) is 38.9 Å². The summed E-state index contributed by atoms with van der Waals surface area (Å²) >= 11 is 2.31. The van der Waals surface area contributed by atoms with E-state index in [1.54, 1.807) is 0 Å². The van der Waals surface area contributed by atoms with Crippen LogP contribution in [0.1, 0.15) is 11.1 Å². The first-order valence-corrected chi connectivity index (χ1v) is 6.48. The van der Waals surface area contributed by atoms with E-state index in [1.807, 2.05) is 0 Å². The number of hydrogen-bond acceptors (Lipinski definition) is 3. The van der Waals surface area contributed by atoms with Crippen LogP contribution >= 0.6 is 45.2 Å². The highest BCUT2D eigenvalue weighted by Crippen LogP contribution is 2.47. The maximum absolute atomic E-state index is 12.9. The molecule has 104 valence electrons. The van der Waals surface area contributed by atoms with Gasteiger partial charge in [-0.3, -0.25) is 0 Å². The number of halogens is 8. The Kier molecular flexibility index (Phi) is 3.64. The molecule has 1 aromatic carbocycles. The molecule has 0 atom stereocenters. The summed E-state index contributed by atoms with van der Waals surface area (Å²) in [6.07, 6.45) is -10.3. The third kappa shape index (κ3) is 2.50. The van der Waals surface area contributed by atoms with Gasteiger partial charge in [-0.25, -0.2) is 4.63 Å². The van der Waals surface area contributed by atoms with Gasteiger partial charge in [-0.05, 0) is 55.5 Å². The first kappa shape index (κ1) is 15.1. The van der Waals surface area contributed by atoms with Crippen LogP contribution in [0.15, 0.2) is 4.63 Å². The van der Waals surface area contributed by atoms with Crippen molar-refractivity contribution in [3.63, 3.8) is 0 Å². The highest BCUT2D eigenvalue weighted by Gasteiger charge is 2.48. The quantitative estimate of drug-likeness (QED) is 0.390. The summed E-state index contributed by atoms with van der Waals surface area (Å²) in [5, 5.41) is 6.42. The molecular formula is C8F6I2N2O. The smallest absolute Gasteiger partial charge is 0.243 e. The van der Waals surface area contributed by atoms with Gasteiger partial charge in [0.15, 0.2) is 0 Å². The minimum atomic E-state index is -5.16. The summed E-state index contributed by atoms with van der Waals surface area (Å²) < 4.78 is 80.0. The Labute approximate surface area is 127 Å². The maximum Gasteiger partial charge on any atom is 0.418 e. The minimum Gasteiger partial charge on any atom is -0.243 e. The molecule has 2 rings (SSSR count). The normalized spacial score (nSPS) is 13.3. The lowest BCUT2D eigenvalue weighted by molar-refractivity contribution is -0.162. The molecule has 0 saturated carbocycles. The van der Waals surface area contributed by atoms with Crippen LogP contribution in [0.3, 0.4) is 0 Å². The SMILES string of the molecule is FC(F)(F)c1c(C(F)(F)F)c(I)c2nonc2c1I. The molecule has 19 heavy (non-hydrogen) atoms. The first-order chi connectivity index (χ1) is 8.55. The maximum atomic E-state index is 12.9. The summed E-state index contributed by atoms with van der Waals surface area (Å²) in [7, 11) is 0. The second kappa shape index (κ2) is 4.60. The number of aromatic nitrogens is 2. The second-order valence-electron chi connectivity index (χ2n) is 3.33. The zero-order valence-corrected chi connectivity index (χ0v) is 12.6. The predicted molar refractivity (Wildman–Crippen MR) is 67.2 cm³/mol. The van der Waals surface area contributed by atoms with Gasteiger partial charge in [-0.1, -0.05) is 0 Å². The molecule has 11 heteroatoms. The van der Waals surface area contributed by atoms with Gasteiger partial charge >= 0.3 is 12.4 Å². The van der Waals surface area contributed by atoms with Gasteiger partial charge in [0.2, 0.25) is 0 Å². The van der Waals surface area contributed by atoms with Gasteiger partial charge in [0.25, 0.3) is 0 Å². The van der Waals surface area contributed by atoms with Crippen molar-refractivity contribution in [2.75, 3.05) is 0 Å². The molecule has 0 aliphatic heterocycles. The Balaban J connectivity index is 3.02. The Morgan fingerprint density at radius 3 is 1.32 bits per heavy atom. The average molecular weight is 508 g/mol.